The Hall–Kier alpha value is -0.120. The van der Waals surface area contributed by atoms with Crippen LogP contribution in [0, 0.1) is 0 Å². The standard InChI is InChI=1S/C16H31N3/c1-13(2)18-9-5-14(6-10-18)17-15-7-11-19-8-3-4-16(19)12-15/h13-17H,3-12H2,1-2H3. The van der Waals surface area contributed by atoms with Gasteiger partial charge < -0.3 is 15.1 Å². The van der Waals surface area contributed by atoms with Gasteiger partial charge in [0.1, 0.15) is 0 Å². The summed E-state index contributed by atoms with van der Waals surface area (Å²) < 4.78 is 0. The molecule has 0 radical (unpaired) electrons. The number of nitrogens with one attached hydrogen (secondary N) is 1. The SMILES string of the molecule is CC(C)N1CCC(NC2CCN3CCCC3C2)CC1. The molecule has 3 aliphatic heterocycles. The van der Waals surface area contributed by atoms with Crippen LogP contribution < -0.4 is 5.32 Å². The van der Waals surface area contributed by atoms with E-state index in [-0.39, 0.29) is 0 Å². The highest BCUT2D eigenvalue weighted by Crippen LogP contribution is 2.27. The molecule has 3 rings (SSSR count). The number of fused-ring (bicyclic) bond motifs is 1. The first-order valence-corrected chi connectivity index (χ1v) is 8.46. The molecule has 2 unspecified atom stereocenters. The number of nitrogens with zero attached hydrogens (tertiary/aromatic N) is 2. The van der Waals surface area contributed by atoms with E-state index < -0.39 is 0 Å². The van der Waals surface area contributed by atoms with Gasteiger partial charge in [-0.15, -0.1) is 0 Å². The lowest BCUT2D eigenvalue weighted by atomic mass is 9.95. The molecule has 3 heterocycles. The van der Waals surface area contributed by atoms with Crippen molar-refractivity contribution in [3.8, 4) is 0 Å². The second-order valence-corrected chi connectivity index (χ2v) is 7.12. The highest BCUT2D eigenvalue weighted by atomic mass is 15.2. The van der Waals surface area contributed by atoms with E-state index >= 15 is 0 Å². The van der Waals surface area contributed by atoms with E-state index in [0.717, 1.165) is 24.2 Å². The Morgan fingerprint density at radius 2 is 1.63 bits per heavy atom. The zero-order chi connectivity index (χ0) is 13.2. The molecule has 0 bridgehead atoms. The molecule has 3 aliphatic rings. The lowest BCUT2D eigenvalue weighted by Crippen LogP contribution is -2.52. The van der Waals surface area contributed by atoms with Gasteiger partial charge in [0, 0.05) is 24.2 Å². The monoisotopic (exact) mass is 265 g/mol. The summed E-state index contributed by atoms with van der Waals surface area (Å²) in [6.45, 7) is 9.93. The molecule has 110 valence electrons. The van der Waals surface area contributed by atoms with E-state index in [0.29, 0.717) is 0 Å². The third-order valence-corrected chi connectivity index (χ3v) is 5.55. The molecule has 0 amide bonds. The zero-order valence-electron chi connectivity index (χ0n) is 12.8. The average molecular weight is 265 g/mol. The van der Waals surface area contributed by atoms with Gasteiger partial charge >= 0.3 is 0 Å². The lowest BCUT2D eigenvalue weighted by molar-refractivity contribution is 0.129. The normalized spacial score (nSPS) is 34.9. The second-order valence-electron chi connectivity index (χ2n) is 7.12. The van der Waals surface area contributed by atoms with Crippen LogP contribution in [-0.4, -0.2) is 60.1 Å². The zero-order valence-corrected chi connectivity index (χ0v) is 12.8. The Balaban J connectivity index is 1.42. The van der Waals surface area contributed by atoms with Gasteiger partial charge in [0.2, 0.25) is 0 Å². The van der Waals surface area contributed by atoms with E-state index in [1.54, 1.807) is 0 Å². The molecule has 2 atom stereocenters. The second kappa shape index (κ2) is 6.11. The van der Waals surface area contributed by atoms with E-state index in [9.17, 15) is 0 Å². The molecule has 1 N–H and O–H groups in total. The minimum absolute atomic E-state index is 0.725. The van der Waals surface area contributed by atoms with Crippen LogP contribution in [0.3, 0.4) is 0 Å². The number of rotatable bonds is 3. The maximum atomic E-state index is 3.98. The lowest BCUT2D eigenvalue weighted by Gasteiger charge is -2.40. The van der Waals surface area contributed by atoms with Crippen molar-refractivity contribution in [1.29, 1.82) is 0 Å². The highest BCUT2D eigenvalue weighted by molar-refractivity contribution is 4.91. The molecule has 0 saturated carbocycles. The Labute approximate surface area is 118 Å². The molecule has 0 aromatic rings. The topological polar surface area (TPSA) is 18.5 Å². The van der Waals surface area contributed by atoms with Crippen LogP contribution in [0.15, 0.2) is 0 Å². The summed E-state index contributed by atoms with van der Waals surface area (Å²) in [5.41, 5.74) is 0. The van der Waals surface area contributed by atoms with Crippen LogP contribution in [0.1, 0.15) is 52.4 Å². The quantitative estimate of drug-likeness (QED) is 0.843. The van der Waals surface area contributed by atoms with Crippen molar-refractivity contribution in [2.24, 2.45) is 0 Å². The van der Waals surface area contributed by atoms with E-state index in [1.165, 1.54) is 64.7 Å². The van der Waals surface area contributed by atoms with Crippen LogP contribution in [0.4, 0.5) is 0 Å². The average Bonchev–Trinajstić information content (AvgIpc) is 2.87. The fourth-order valence-corrected chi connectivity index (χ4v) is 4.29. The molecule has 3 nitrogen and oxygen atoms in total. The Kier molecular flexibility index (Phi) is 4.45. The van der Waals surface area contributed by atoms with Crippen molar-refractivity contribution in [2.45, 2.75) is 76.5 Å². The van der Waals surface area contributed by atoms with Gasteiger partial charge in [-0.1, -0.05) is 0 Å². The van der Waals surface area contributed by atoms with Gasteiger partial charge in [-0.3, -0.25) is 0 Å². The Bertz CT molecular complexity index is 284. The molecule has 3 heteroatoms. The van der Waals surface area contributed by atoms with Crippen LogP contribution in [0.25, 0.3) is 0 Å². The summed E-state index contributed by atoms with van der Waals surface area (Å²) >= 11 is 0. The summed E-state index contributed by atoms with van der Waals surface area (Å²) in [6, 6.07) is 3.22. The summed E-state index contributed by atoms with van der Waals surface area (Å²) in [5.74, 6) is 0. The van der Waals surface area contributed by atoms with E-state index in [1.807, 2.05) is 0 Å². The summed E-state index contributed by atoms with van der Waals surface area (Å²) in [7, 11) is 0. The van der Waals surface area contributed by atoms with Crippen LogP contribution >= 0.6 is 0 Å². The van der Waals surface area contributed by atoms with Gasteiger partial charge in [0.05, 0.1) is 0 Å². The van der Waals surface area contributed by atoms with E-state index in [4.69, 9.17) is 0 Å². The van der Waals surface area contributed by atoms with Crippen molar-refractivity contribution in [1.82, 2.24) is 15.1 Å². The molecule has 0 spiro atoms. The third-order valence-electron chi connectivity index (χ3n) is 5.55. The van der Waals surface area contributed by atoms with Gasteiger partial charge in [0.25, 0.3) is 0 Å². The fourth-order valence-electron chi connectivity index (χ4n) is 4.29. The smallest absolute Gasteiger partial charge is 0.0111 e. The van der Waals surface area contributed by atoms with Gasteiger partial charge in [-0.2, -0.15) is 0 Å². The van der Waals surface area contributed by atoms with Gasteiger partial charge in [0.15, 0.2) is 0 Å². The summed E-state index contributed by atoms with van der Waals surface area (Å²) in [6.07, 6.45) is 8.37. The first-order valence-electron chi connectivity index (χ1n) is 8.46. The molecule has 3 fully saturated rings. The predicted octanol–water partition coefficient (Wildman–Crippen LogP) is 2.08. The maximum Gasteiger partial charge on any atom is 0.0111 e. The summed E-state index contributed by atoms with van der Waals surface area (Å²) in [5, 5.41) is 3.98. The number of piperidine rings is 2. The van der Waals surface area contributed by atoms with Crippen molar-refractivity contribution in [2.75, 3.05) is 26.2 Å². The number of hydrogen-bond donors (Lipinski definition) is 1. The first kappa shape index (κ1) is 13.8. The van der Waals surface area contributed by atoms with Crippen molar-refractivity contribution in [3.05, 3.63) is 0 Å². The number of hydrogen-bond acceptors (Lipinski definition) is 3. The minimum atomic E-state index is 0.725. The first-order chi connectivity index (χ1) is 9.22. The maximum absolute atomic E-state index is 3.98. The van der Waals surface area contributed by atoms with Crippen molar-refractivity contribution in [3.63, 3.8) is 0 Å². The van der Waals surface area contributed by atoms with Crippen molar-refractivity contribution < 1.29 is 0 Å². The molecule has 3 saturated heterocycles. The fraction of sp³-hybridized carbons (Fsp3) is 1.00. The van der Waals surface area contributed by atoms with Crippen LogP contribution in [0.2, 0.25) is 0 Å². The third kappa shape index (κ3) is 3.32. The minimum Gasteiger partial charge on any atom is -0.311 e. The Morgan fingerprint density at radius 1 is 0.895 bits per heavy atom. The Morgan fingerprint density at radius 3 is 2.37 bits per heavy atom. The molecular formula is C16H31N3. The molecule has 0 aliphatic carbocycles. The molecule has 0 aromatic carbocycles. The molecule has 0 aromatic heterocycles. The highest BCUT2D eigenvalue weighted by Gasteiger charge is 2.32. The summed E-state index contributed by atoms with van der Waals surface area (Å²) in [4.78, 5) is 5.34. The van der Waals surface area contributed by atoms with Crippen molar-refractivity contribution >= 4 is 0 Å². The van der Waals surface area contributed by atoms with Crippen LogP contribution in [-0.2, 0) is 0 Å². The molecular weight excluding hydrogens is 234 g/mol. The number of likely N-dealkylation sites (tertiary alicyclic amines) is 1. The molecule has 19 heavy (non-hydrogen) atoms. The van der Waals surface area contributed by atoms with Crippen LogP contribution in [0.5, 0.6) is 0 Å². The van der Waals surface area contributed by atoms with Gasteiger partial charge in [-0.05, 0) is 78.6 Å². The van der Waals surface area contributed by atoms with Gasteiger partial charge in [-0.25, -0.2) is 0 Å². The largest absolute Gasteiger partial charge is 0.311 e. The predicted molar refractivity (Wildman–Crippen MR) is 80.5 cm³/mol. The van der Waals surface area contributed by atoms with E-state index in [2.05, 4.69) is 29.0 Å².